The molecule has 0 saturated carbocycles. The van der Waals surface area contributed by atoms with Crippen molar-refractivity contribution in [1.82, 2.24) is 0 Å². The number of unbranched alkanes of at least 4 members (excludes halogenated alkanes) is 9. The van der Waals surface area contributed by atoms with Crippen LogP contribution >= 0.6 is 0 Å². The first-order chi connectivity index (χ1) is 14.4. The van der Waals surface area contributed by atoms with Crippen molar-refractivity contribution < 1.29 is 4.74 Å². The van der Waals surface area contributed by atoms with E-state index < -0.39 is 0 Å². The summed E-state index contributed by atoms with van der Waals surface area (Å²) in [6.45, 7) is 3.07. The second kappa shape index (κ2) is 15.6. The zero-order valence-electron chi connectivity index (χ0n) is 18.2. The van der Waals surface area contributed by atoms with Gasteiger partial charge in [-0.1, -0.05) is 138 Å². The SMILES string of the molecule is CCCCCCCCCCCCOC(=CC=Cc1ccccc1)c1ccccc1. The highest BCUT2D eigenvalue weighted by Crippen LogP contribution is 2.17. The molecule has 1 nitrogen and oxygen atoms in total. The summed E-state index contributed by atoms with van der Waals surface area (Å²) in [6.07, 6.45) is 19.7. The zero-order valence-corrected chi connectivity index (χ0v) is 18.2. The summed E-state index contributed by atoms with van der Waals surface area (Å²) in [4.78, 5) is 0. The Morgan fingerprint density at radius 2 is 1.24 bits per heavy atom. The average Bonchev–Trinajstić information content (AvgIpc) is 2.77. The highest BCUT2D eigenvalue weighted by Gasteiger charge is 2.01. The molecule has 0 N–H and O–H groups in total. The Kier molecular flexibility index (Phi) is 12.4. The van der Waals surface area contributed by atoms with Crippen LogP contribution in [0.3, 0.4) is 0 Å². The molecule has 0 aliphatic carbocycles. The van der Waals surface area contributed by atoms with Gasteiger partial charge in [0, 0.05) is 5.56 Å². The number of hydrogen-bond donors (Lipinski definition) is 0. The molecule has 0 radical (unpaired) electrons. The highest BCUT2D eigenvalue weighted by molar-refractivity contribution is 5.64. The molecule has 2 aromatic carbocycles. The highest BCUT2D eigenvalue weighted by atomic mass is 16.5. The summed E-state index contributed by atoms with van der Waals surface area (Å²) in [5.41, 5.74) is 2.34. The summed E-state index contributed by atoms with van der Waals surface area (Å²) < 4.78 is 6.15. The van der Waals surface area contributed by atoms with Crippen molar-refractivity contribution in [3.05, 3.63) is 83.9 Å². The van der Waals surface area contributed by atoms with Gasteiger partial charge in [0.1, 0.15) is 5.76 Å². The van der Waals surface area contributed by atoms with Gasteiger partial charge in [-0.15, -0.1) is 0 Å². The van der Waals surface area contributed by atoms with E-state index >= 15 is 0 Å². The van der Waals surface area contributed by atoms with Gasteiger partial charge in [0.25, 0.3) is 0 Å². The van der Waals surface area contributed by atoms with Gasteiger partial charge in [-0.3, -0.25) is 0 Å². The monoisotopic (exact) mass is 390 g/mol. The van der Waals surface area contributed by atoms with Gasteiger partial charge in [-0.05, 0) is 18.1 Å². The summed E-state index contributed by atoms with van der Waals surface area (Å²) in [5, 5.41) is 0. The Morgan fingerprint density at radius 1 is 0.690 bits per heavy atom. The molecule has 29 heavy (non-hydrogen) atoms. The second-order valence-corrected chi connectivity index (χ2v) is 7.70. The first-order valence-electron chi connectivity index (χ1n) is 11.5. The van der Waals surface area contributed by atoms with E-state index in [2.05, 4.69) is 73.7 Å². The average molecular weight is 391 g/mol. The van der Waals surface area contributed by atoms with Crippen molar-refractivity contribution in [2.45, 2.75) is 71.1 Å². The minimum absolute atomic E-state index is 0.788. The van der Waals surface area contributed by atoms with Crippen molar-refractivity contribution in [2.24, 2.45) is 0 Å². The van der Waals surface area contributed by atoms with E-state index in [0.717, 1.165) is 24.4 Å². The summed E-state index contributed by atoms with van der Waals surface area (Å²) in [5.74, 6) is 0.953. The molecule has 0 saturated heterocycles. The molecule has 0 amide bonds. The molecule has 156 valence electrons. The quantitative estimate of drug-likeness (QED) is 0.168. The van der Waals surface area contributed by atoms with Gasteiger partial charge in [0.2, 0.25) is 0 Å². The lowest BCUT2D eigenvalue weighted by Gasteiger charge is -2.10. The maximum absolute atomic E-state index is 6.15. The second-order valence-electron chi connectivity index (χ2n) is 7.70. The van der Waals surface area contributed by atoms with Crippen molar-refractivity contribution in [1.29, 1.82) is 0 Å². The minimum Gasteiger partial charge on any atom is -0.493 e. The third kappa shape index (κ3) is 10.7. The van der Waals surface area contributed by atoms with Crippen LogP contribution in [0.4, 0.5) is 0 Å². The summed E-state index contributed by atoms with van der Waals surface area (Å²) in [6, 6.07) is 20.8. The molecule has 0 aliphatic heterocycles. The van der Waals surface area contributed by atoms with Gasteiger partial charge >= 0.3 is 0 Å². The minimum atomic E-state index is 0.788. The van der Waals surface area contributed by atoms with Gasteiger partial charge < -0.3 is 4.74 Å². The fourth-order valence-electron chi connectivity index (χ4n) is 3.41. The number of benzene rings is 2. The molecular formula is C28H38O. The number of allylic oxidation sites excluding steroid dienone is 2. The molecule has 0 aliphatic rings. The van der Waals surface area contributed by atoms with Crippen molar-refractivity contribution in [2.75, 3.05) is 6.61 Å². The van der Waals surface area contributed by atoms with Crippen LogP contribution in [0.2, 0.25) is 0 Å². The molecule has 0 aromatic heterocycles. The van der Waals surface area contributed by atoms with E-state index in [0.29, 0.717) is 0 Å². The van der Waals surface area contributed by atoms with Crippen LogP contribution in [-0.4, -0.2) is 6.61 Å². The Hall–Kier alpha value is -2.28. The topological polar surface area (TPSA) is 9.23 Å². The maximum Gasteiger partial charge on any atom is 0.126 e. The molecular weight excluding hydrogens is 352 g/mol. The predicted octanol–water partition coefficient (Wildman–Crippen LogP) is 8.68. The van der Waals surface area contributed by atoms with Crippen LogP contribution in [0.1, 0.15) is 82.3 Å². The number of hydrogen-bond acceptors (Lipinski definition) is 1. The molecule has 0 spiro atoms. The molecule has 0 bridgehead atoms. The molecule has 0 atom stereocenters. The van der Waals surface area contributed by atoms with Crippen LogP contribution in [0.25, 0.3) is 11.8 Å². The van der Waals surface area contributed by atoms with Gasteiger partial charge in [0.15, 0.2) is 0 Å². The zero-order chi connectivity index (χ0) is 20.4. The molecule has 0 heterocycles. The third-order valence-corrected chi connectivity index (χ3v) is 5.15. The Morgan fingerprint density at radius 3 is 1.86 bits per heavy atom. The number of ether oxygens (including phenoxy) is 1. The molecule has 0 fully saturated rings. The van der Waals surface area contributed by atoms with E-state index in [-0.39, 0.29) is 0 Å². The van der Waals surface area contributed by atoms with E-state index in [1.54, 1.807) is 0 Å². The summed E-state index contributed by atoms with van der Waals surface area (Å²) >= 11 is 0. The molecule has 2 rings (SSSR count). The smallest absolute Gasteiger partial charge is 0.126 e. The lowest BCUT2D eigenvalue weighted by molar-refractivity contribution is 0.266. The van der Waals surface area contributed by atoms with E-state index in [1.807, 2.05) is 12.1 Å². The van der Waals surface area contributed by atoms with Gasteiger partial charge in [-0.25, -0.2) is 0 Å². The van der Waals surface area contributed by atoms with E-state index in [1.165, 1.54) is 63.4 Å². The lowest BCUT2D eigenvalue weighted by atomic mass is 10.1. The normalized spacial score (nSPS) is 11.8. The van der Waals surface area contributed by atoms with Crippen molar-refractivity contribution in [3.63, 3.8) is 0 Å². The number of rotatable bonds is 15. The van der Waals surface area contributed by atoms with Crippen molar-refractivity contribution in [3.8, 4) is 0 Å². The Balaban J connectivity index is 1.70. The van der Waals surface area contributed by atoms with Crippen molar-refractivity contribution >= 4 is 11.8 Å². The predicted molar refractivity (Wildman–Crippen MR) is 128 cm³/mol. The first-order valence-corrected chi connectivity index (χ1v) is 11.5. The van der Waals surface area contributed by atoms with Crippen LogP contribution in [-0.2, 0) is 4.74 Å². The van der Waals surface area contributed by atoms with Crippen LogP contribution in [0.15, 0.2) is 72.8 Å². The first kappa shape index (κ1) is 23.0. The van der Waals surface area contributed by atoms with Gasteiger partial charge in [-0.2, -0.15) is 0 Å². The van der Waals surface area contributed by atoms with E-state index in [4.69, 9.17) is 4.74 Å². The fraction of sp³-hybridized carbons (Fsp3) is 0.429. The van der Waals surface area contributed by atoms with Crippen LogP contribution < -0.4 is 0 Å². The van der Waals surface area contributed by atoms with E-state index in [9.17, 15) is 0 Å². The Labute approximate surface area is 178 Å². The lowest BCUT2D eigenvalue weighted by Crippen LogP contribution is -1.95. The largest absolute Gasteiger partial charge is 0.493 e. The summed E-state index contributed by atoms with van der Waals surface area (Å²) in [7, 11) is 0. The maximum atomic E-state index is 6.15. The molecule has 1 heteroatoms. The van der Waals surface area contributed by atoms with Crippen LogP contribution in [0.5, 0.6) is 0 Å². The third-order valence-electron chi connectivity index (χ3n) is 5.15. The molecule has 0 unspecified atom stereocenters. The van der Waals surface area contributed by atoms with Crippen LogP contribution in [0, 0.1) is 0 Å². The fourth-order valence-corrected chi connectivity index (χ4v) is 3.41. The van der Waals surface area contributed by atoms with Gasteiger partial charge in [0.05, 0.1) is 6.61 Å². The Bertz CT molecular complexity index is 685. The molecule has 2 aromatic rings. The standard InChI is InChI=1S/C28H38O/c1-2-3-4-5-6-7-8-9-10-17-25-29-28(27-22-15-12-16-23-27)24-18-21-26-19-13-11-14-20-26/h11-16,18-24H,2-10,17,25H2,1H3.